The Morgan fingerprint density at radius 2 is 1.53 bits per heavy atom. The van der Waals surface area contributed by atoms with E-state index in [-0.39, 0.29) is 48.9 Å². The molecule has 3 nitrogen and oxygen atoms in total. The molecule has 2 aromatic heterocycles. The van der Waals surface area contributed by atoms with Crippen LogP contribution in [-0.2, 0) is 36.7 Å². The van der Waals surface area contributed by atoms with E-state index >= 15 is 0 Å². The van der Waals surface area contributed by atoms with Gasteiger partial charge in [0.15, 0.2) is 5.78 Å². The summed E-state index contributed by atoms with van der Waals surface area (Å²) in [4.78, 5) is 16.6. The Morgan fingerprint density at radius 3 is 2.14 bits per heavy atom. The molecule has 0 aliphatic carbocycles. The number of carbonyl (C=O) groups excluding carboxylic acids is 1. The number of fused-ring (bicyclic) bond motifs is 4. The van der Waals surface area contributed by atoms with Gasteiger partial charge in [0.25, 0.3) is 0 Å². The Kier molecular flexibility index (Phi) is 15.2. The third-order valence-electron chi connectivity index (χ3n) is 10.4. The van der Waals surface area contributed by atoms with Gasteiger partial charge in [0.2, 0.25) is 0 Å². The molecule has 0 saturated carbocycles. The predicted molar refractivity (Wildman–Crippen MR) is 209 cm³/mol. The number of nitrogens with zero attached hydrogens (tertiary/aromatic N) is 1. The van der Waals surface area contributed by atoms with Crippen molar-refractivity contribution in [3.63, 3.8) is 0 Å². The number of pyridine rings is 1. The van der Waals surface area contributed by atoms with Crippen LogP contribution in [0.5, 0.6) is 0 Å². The van der Waals surface area contributed by atoms with Gasteiger partial charge in [0, 0.05) is 64.7 Å². The zero-order chi connectivity index (χ0) is 35.0. The summed E-state index contributed by atoms with van der Waals surface area (Å²) >= 11 is 1.86. The van der Waals surface area contributed by atoms with E-state index in [1.807, 2.05) is 45.2 Å². The van der Waals surface area contributed by atoms with E-state index in [1.165, 1.54) is 48.1 Å². The second-order valence-electron chi connectivity index (χ2n) is 14.0. The Bertz CT molecular complexity index is 1860. The largest absolute Gasteiger partial charge is 0.512 e. The van der Waals surface area contributed by atoms with Gasteiger partial charge >= 0.3 is 0 Å². The van der Waals surface area contributed by atoms with E-state index in [0.29, 0.717) is 5.92 Å². The number of ketones is 1. The summed E-state index contributed by atoms with van der Waals surface area (Å²) in [6, 6.07) is 23.9. The minimum absolute atomic E-state index is 0. The van der Waals surface area contributed by atoms with E-state index in [1.54, 1.807) is 0 Å². The van der Waals surface area contributed by atoms with Gasteiger partial charge in [-0.25, -0.2) is 0 Å². The van der Waals surface area contributed by atoms with Gasteiger partial charge in [0.1, 0.15) is 0 Å². The van der Waals surface area contributed by atoms with Crippen molar-refractivity contribution < 1.29 is 30.0 Å². The van der Waals surface area contributed by atoms with Crippen LogP contribution in [0.2, 0.25) is 0 Å². The van der Waals surface area contributed by atoms with Gasteiger partial charge < -0.3 is 5.11 Å². The molecule has 5 heteroatoms. The molecule has 5 rings (SSSR count). The molecular weight excluding hydrogens is 799 g/mol. The van der Waals surface area contributed by atoms with E-state index < -0.39 is 0 Å². The SMILES string of the molecule is CCC(C)(CC)c1cc(-c2nccc3c2sc2ccc(CC(C)C)cc23)[c-]c2ccccc12.CCC(CC)C(=O)/C=C(\O)C(CC)CC.[Ir]. The number of hydrogen-bond acceptors (Lipinski definition) is 4. The van der Waals surface area contributed by atoms with Crippen molar-refractivity contribution >= 4 is 48.1 Å². The minimum Gasteiger partial charge on any atom is -0.512 e. The number of allylic oxidation sites excluding steroid dienone is 2. The van der Waals surface area contributed by atoms with Crippen LogP contribution in [0.25, 0.3) is 42.2 Å². The first-order valence-electron chi connectivity index (χ1n) is 18.2. The summed E-state index contributed by atoms with van der Waals surface area (Å²) in [5.41, 5.74) is 5.12. The summed E-state index contributed by atoms with van der Waals surface area (Å²) in [5, 5.41) is 14.9. The van der Waals surface area contributed by atoms with Gasteiger partial charge in [-0.15, -0.1) is 40.5 Å². The quantitative estimate of drug-likeness (QED) is 0.0729. The van der Waals surface area contributed by atoms with Crippen molar-refractivity contribution in [1.29, 1.82) is 0 Å². The van der Waals surface area contributed by atoms with Crippen LogP contribution in [0.3, 0.4) is 0 Å². The fourth-order valence-corrected chi connectivity index (χ4v) is 7.99. The van der Waals surface area contributed by atoms with E-state index in [2.05, 4.69) is 95.3 Å². The fourth-order valence-electron chi connectivity index (χ4n) is 6.81. The maximum absolute atomic E-state index is 11.7. The first kappa shape index (κ1) is 40.6. The Labute approximate surface area is 313 Å². The number of rotatable bonds is 13. The predicted octanol–water partition coefficient (Wildman–Crippen LogP) is 13.2. The zero-order valence-electron chi connectivity index (χ0n) is 31.1. The van der Waals surface area contributed by atoms with Crippen LogP contribution < -0.4 is 0 Å². The van der Waals surface area contributed by atoms with Crippen molar-refractivity contribution in [2.75, 3.05) is 0 Å². The van der Waals surface area contributed by atoms with Crippen molar-refractivity contribution in [2.45, 2.75) is 113 Å². The number of benzene rings is 3. The normalized spacial score (nSPS) is 12.2. The second kappa shape index (κ2) is 18.4. The molecule has 265 valence electrons. The summed E-state index contributed by atoms with van der Waals surface area (Å²) < 4.78 is 2.60. The smallest absolute Gasteiger partial charge is 0.162 e. The fraction of sp³-hybridized carbons (Fsp3) is 0.455. The van der Waals surface area contributed by atoms with Crippen LogP contribution in [0.1, 0.15) is 112 Å². The van der Waals surface area contributed by atoms with Crippen molar-refractivity contribution in [3.05, 3.63) is 89.8 Å². The number of thiophene rings is 1. The maximum atomic E-state index is 11.7. The molecule has 0 saturated heterocycles. The number of aliphatic hydroxyl groups is 1. The summed E-state index contributed by atoms with van der Waals surface area (Å²) in [7, 11) is 0. The van der Waals surface area contributed by atoms with Crippen LogP contribution in [0.4, 0.5) is 0 Å². The molecule has 0 amide bonds. The molecule has 1 N–H and O–H groups in total. The number of aliphatic hydroxyl groups excluding tert-OH is 1. The average Bonchev–Trinajstić information content (AvgIpc) is 3.46. The number of hydrogen-bond donors (Lipinski definition) is 1. The Morgan fingerprint density at radius 1 is 0.878 bits per heavy atom. The van der Waals surface area contributed by atoms with Gasteiger partial charge in [-0.05, 0) is 85.4 Å². The van der Waals surface area contributed by atoms with E-state index in [9.17, 15) is 9.90 Å². The van der Waals surface area contributed by atoms with Crippen molar-refractivity contribution in [1.82, 2.24) is 4.98 Å². The summed E-state index contributed by atoms with van der Waals surface area (Å²) in [6.45, 7) is 19.6. The molecule has 0 fully saturated rings. The number of aromatic nitrogens is 1. The maximum Gasteiger partial charge on any atom is 0.162 e. The van der Waals surface area contributed by atoms with E-state index in [0.717, 1.165) is 56.2 Å². The van der Waals surface area contributed by atoms with E-state index in [4.69, 9.17) is 4.98 Å². The molecule has 3 aromatic carbocycles. The standard InChI is InChI=1S/C31H32NS.C13H24O2.Ir/c1-6-31(5,7-2)27-19-23(18-22-10-8-9-11-24(22)27)29-30-25(14-15-32-29)26-17-21(16-20(3)4)12-13-28(26)33-30;1-5-10(6-2)12(14)9-13(15)11(7-3)8-4;/h8-15,17,19-20H,6-7,16H2,1-5H3;9-11,14H,5-8H2,1-4H3;/q-1;;/b;12-9-;. The van der Waals surface area contributed by atoms with Gasteiger partial charge in [-0.2, -0.15) is 0 Å². The third-order valence-corrected chi connectivity index (χ3v) is 11.6. The molecule has 0 aliphatic heterocycles. The molecule has 0 bridgehead atoms. The molecular formula is C44H56IrNO2S-. The zero-order valence-corrected chi connectivity index (χ0v) is 34.3. The van der Waals surface area contributed by atoms with Crippen molar-refractivity contribution in [3.8, 4) is 11.3 Å². The first-order valence-corrected chi connectivity index (χ1v) is 19.1. The minimum atomic E-state index is 0. The summed E-state index contributed by atoms with van der Waals surface area (Å²) in [5.74, 6) is 1.20. The monoisotopic (exact) mass is 855 g/mol. The summed E-state index contributed by atoms with van der Waals surface area (Å²) in [6.07, 6.45) is 10.2. The molecule has 0 spiro atoms. The van der Waals surface area contributed by atoms with Gasteiger partial charge in [0.05, 0.1) is 5.76 Å². The Hall–Kier alpha value is -2.85. The molecule has 5 aromatic rings. The first-order chi connectivity index (χ1) is 23.0. The average molecular weight is 855 g/mol. The molecule has 2 heterocycles. The van der Waals surface area contributed by atoms with Gasteiger partial charge in [-0.3, -0.25) is 9.78 Å². The topological polar surface area (TPSA) is 50.2 Å². The molecule has 0 unspecified atom stereocenters. The molecule has 0 aliphatic rings. The molecule has 49 heavy (non-hydrogen) atoms. The second-order valence-corrected chi connectivity index (χ2v) is 15.0. The van der Waals surface area contributed by atoms with Crippen LogP contribution in [-0.4, -0.2) is 15.9 Å². The van der Waals surface area contributed by atoms with Crippen LogP contribution in [0.15, 0.2) is 72.6 Å². The molecule has 0 atom stereocenters. The number of carbonyl (C=O) groups is 1. The van der Waals surface area contributed by atoms with Crippen molar-refractivity contribution in [2.24, 2.45) is 17.8 Å². The molecule has 1 radical (unpaired) electrons. The third kappa shape index (κ3) is 9.29. The Balaban J connectivity index is 0.000000347. The van der Waals surface area contributed by atoms with Gasteiger partial charge in [-0.1, -0.05) is 97.5 Å². The van der Waals surface area contributed by atoms with Crippen LogP contribution >= 0.6 is 11.3 Å². The van der Waals surface area contributed by atoms with Crippen LogP contribution in [0, 0.1) is 23.8 Å².